The van der Waals surface area contributed by atoms with Crippen LogP contribution in [0.4, 0.5) is 13.2 Å². The molecule has 0 saturated carbocycles. The second-order valence-corrected chi connectivity index (χ2v) is 5.84. The number of aromatic nitrogens is 1. The molecule has 2 aromatic heterocycles. The highest BCUT2D eigenvalue weighted by molar-refractivity contribution is 9.10. The van der Waals surface area contributed by atoms with Crippen LogP contribution in [-0.2, 0) is 6.18 Å². The van der Waals surface area contributed by atoms with Crippen molar-refractivity contribution in [3.63, 3.8) is 0 Å². The Kier molecular flexibility index (Phi) is 3.37. The smallest absolute Gasteiger partial charge is 0.287 e. The number of rotatable bonds is 2. The predicted octanol–water partition coefficient (Wildman–Crippen LogP) is 4.22. The minimum absolute atomic E-state index is 0.00771. The number of nitrogens with zero attached hydrogens (tertiary/aromatic N) is 1. The van der Waals surface area contributed by atoms with Gasteiger partial charge in [-0.2, -0.15) is 13.2 Å². The van der Waals surface area contributed by atoms with E-state index in [2.05, 4.69) is 20.9 Å². The number of hydrogen-bond acceptors (Lipinski definition) is 4. The topological polar surface area (TPSA) is 30.0 Å². The highest BCUT2D eigenvalue weighted by atomic mass is 79.9. The van der Waals surface area contributed by atoms with Gasteiger partial charge in [-0.15, -0.1) is 22.7 Å². The zero-order chi connectivity index (χ0) is 12.6. The van der Waals surface area contributed by atoms with Gasteiger partial charge in [0, 0.05) is 16.0 Å². The molecule has 0 atom stereocenters. The summed E-state index contributed by atoms with van der Waals surface area (Å²) in [6, 6.07) is 1.57. The fourth-order valence-electron chi connectivity index (χ4n) is 1.06. The normalized spacial score (nSPS) is 11.8. The van der Waals surface area contributed by atoms with Crippen LogP contribution in [0.3, 0.4) is 0 Å². The highest BCUT2D eigenvalue weighted by Gasteiger charge is 2.35. The van der Waals surface area contributed by atoms with Gasteiger partial charge in [-0.1, -0.05) is 0 Å². The maximum absolute atomic E-state index is 12.3. The van der Waals surface area contributed by atoms with Crippen LogP contribution < -0.4 is 0 Å². The number of carbonyl (C=O) groups is 1. The third-order valence-electron chi connectivity index (χ3n) is 1.76. The summed E-state index contributed by atoms with van der Waals surface area (Å²) in [5.74, 6) is -0.436. The van der Waals surface area contributed by atoms with E-state index in [1.54, 1.807) is 11.4 Å². The fourth-order valence-corrected chi connectivity index (χ4v) is 3.25. The first-order chi connectivity index (χ1) is 7.88. The summed E-state index contributed by atoms with van der Waals surface area (Å²) in [5, 5.41) is 0.690. The van der Waals surface area contributed by atoms with Crippen LogP contribution in [0.1, 0.15) is 19.6 Å². The standard InChI is InChI=1S/C9H3BrF3NOS2/c10-4-1-5(16-3-4)7(15)6-2-14-8(17-6)9(11,12)13/h1-3H. The Morgan fingerprint density at radius 2 is 2.06 bits per heavy atom. The molecule has 0 bridgehead atoms. The van der Waals surface area contributed by atoms with E-state index in [0.29, 0.717) is 16.2 Å². The third-order valence-corrected chi connectivity index (χ3v) is 4.49. The fraction of sp³-hybridized carbons (Fsp3) is 0.111. The molecule has 2 heterocycles. The summed E-state index contributed by atoms with van der Waals surface area (Å²) >= 11 is 4.70. The maximum atomic E-state index is 12.3. The molecule has 0 saturated heterocycles. The Labute approximate surface area is 110 Å². The number of thiazole rings is 1. The summed E-state index contributed by atoms with van der Waals surface area (Å²) in [5.41, 5.74) is 0. The van der Waals surface area contributed by atoms with E-state index in [4.69, 9.17) is 0 Å². The quantitative estimate of drug-likeness (QED) is 0.765. The van der Waals surface area contributed by atoms with E-state index >= 15 is 0 Å². The number of halogens is 4. The van der Waals surface area contributed by atoms with Gasteiger partial charge in [0.05, 0.1) is 9.75 Å². The van der Waals surface area contributed by atoms with Crippen molar-refractivity contribution in [2.24, 2.45) is 0 Å². The van der Waals surface area contributed by atoms with Crippen LogP contribution in [0.15, 0.2) is 22.1 Å². The van der Waals surface area contributed by atoms with E-state index in [1.807, 2.05) is 0 Å². The van der Waals surface area contributed by atoms with Crippen molar-refractivity contribution in [1.82, 2.24) is 4.98 Å². The summed E-state index contributed by atoms with van der Waals surface area (Å²) in [4.78, 5) is 15.4. The van der Waals surface area contributed by atoms with Crippen LogP contribution in [0.2, 0.25) is 0 Å². The summed E-state index contributed by atoms with van der Waals surface area (Å²) in [7, 11) is 0. The van der Waals surface area contributed by atoms with Gasteiger partial charge in [-0.25, -0.2) is 4.98 Å². The molecule has 90 valence electrons. The van der Waals surface area contributed by atoms with Crippen LogP contribution in [0.25, 0.3) is 0 Å². The van der Waals surface area contributed by atoms with Gasteiger partial charge >= 0.3 is 6.18 Å². The largest absolute Gasteiger partial charge is 0.443 e. The Morgan fingerprint density at radius 3 is 2.53 bits per heavy atom. The summed E-state index contributed by atoms with van der Waals surface area (Å²) in [6.07, 6.45) is -3.54. The van der Waals surface area contributed by atoms with Crippen molar-refractivity contribution < 1.29 is 18.0 Å². The minimum atomic E-state index is -4.50. The van der Waals surface area contributed by atoms with E-state index in [9.17, 15) is 18.0 Å². The van der Waals surface area contributed by atoms with Crippen molar-refractivity contribution in [2.75, 3.05) is 0 Å². The number of ketones is 1. The lowest BCUT2D eigenvalue weighted by molar-refractivity contribution is -0.137. The maximum Gasteiger partial charge on any atom is 0.443 e. The third kappa shape index (κ3) is 2.75. The second-order valence-electron chi connectivity index (χ2n) is 2.99. The molecule has 0 aliphatic rings. The highest BCUT2D eigenvalue weighted by Crippen LogP contribution is 2.33. The Balaban J connectivity index is 2.30. The first-order valence-corrected chi connectivity index (χ1v) is 6.68. The molecular weight excluding hydrogens is 339 g/mol. The van der Waals surface area contributed by atoms with Crippen molar-refractivity contribution in [3.8, 4) is 0 Å². The average Bonchev–Trinajstić information content (AvgIpc) is 2.83. The molecule has 2 rings (SSSR count). The average molecular weight is 342 g/mol. The van der Waals surface area contributed by atoms with Gasteiger partial charge in [-0.3, -0.25) is 4.79 Å². The predicted molar refractivity (Wildman–Crippen MR) is 62.6 cm³/mol. The molecule has 0 spiro atoms. The number of thiophene rings is 1. The molecule has 0 unspecified atom stereocenters. The van der Waals surface area contributed by atoms with Gasteiger partial charge in [0.15, 0.2) is 5.01 Å². The van der Waals surface area contributed by atoms with Gasteiger partial charge in [-0.05, 0) is 22.0 Å². The molecule has 0 aliphatic carbocycles. The van der Waals surface area contributed by atoms with Crippen molar-refractivity contribution in [2.45, 2.75) is 6.18 Å². The minimum Gasteiger partial charge on any atom is -0.287 e. The van der Waals surface area contributed by atoms with Crippen LogP contribution in [0, 0.1) is 0 Å². The first kappa shape index (κ1) is 12.7. The molecule has 0 fully saturated rings. The summed E-state index contributed by atoms with van der Waals surface area (Å²) < 4.78 is 37.6. The zero-order valence-electron chi connectivity index (χ0n) is 7.92. The van der Waals surface area contributed by atoms with E-state index in [-0.39, 0.29) is 4.88 Å². The monoisotopic (exact) mass is 341 g/mol. The molecule has 0 N–H and O–H groups in total. The van der Waals surface area contributed by atoms with Crippen molar-refractivity contribution in [3.05, 3.63) is 36.9 Å². The summed E-state index contributed by atoms with van der Waals surface area (Å²) in [6.45, 7) is 0. The lowest BCUT2D eigenvalue weighted by Crippen LogP contribution is -2.03. The van der Waals surface area contributed by atoms with Crippen LogP contribution in [0.5, 0.6) is 0 Å². The zero-order valence-corrected chi connectivity index (χ0v) is 11.1. The SMILES string of the molecule is O=C(c1cc(Br)cs1)c1cnc(C(F)(F)F)s1. The van der Waals surface area contributed by atoms with E-state index < -0.39 is 17.0 Å². The van der Waals surface area contributed by atoms with Crippen molar-refractivity contribution in [1.29, 1.82) is 0 Å². The number of carbonyl (C=O) groups excluding carboxylic acids is 1. The Hall–Kier alpha value is -0.730. The van der Waals surface area contributed by atoms with Gasteiger partial charge in [0.1, 0.15) is 0 Å². The molecule has 17 heavy (non-hydrogen) atoms. The molecule has 0 amide bonds. The molecular formula is C9H3BrF3NOS2. The van der Waals surface area contributed by atoms with Crippen molar-refractivity contribution >= 4 is 44.4 Å². The molecule has 2 nitrogen and oxygen atoms in total. The van der Waals surface area contributed by atoms with Gasteiger partial charge in [0.25, 0.3) is 0 Å². The van der Waals surface area contributed by atoms with Gasteiger partial charge < -0.3 is 0 Å². The first-order valence-electron chi connectivity index (χ1n) is 4.19. The van der Waals surface area contributed by atoms with Gasteiger partial charge in [0.2, 0.25) is 5.78 Å². The van der Waals surface area contributed by atoms with Crippen LogP contribution >= 0.6 is 38.6 Å². The van der Waals surface area contributed by atoms with Crippen LogP contribution in [-0.4, -0.2) is 10.8 Å². The lowest BCUT2D eigenvalue weighted by Gasteiger charge is -1.98. The number of alkyl halides is 3. The molecule has 0 radical (unpaired) electrons. The lowest BCUT2D eigenvalue weighted by atomic mass is 10.3. The molecule has 2 aromatic rings. The second kappa shape index (κ2) is 4.51. The van der Waals surface area contributed by atoms with E-state index in [0.717, 1.165) is 10.7 Å². The molecule has 0 aromatic carbocycles. The van der Waals surface area contributed by atoms with E-state index in [1.165, 1.54) is 11.3 Å². The molecule has 8 heteroatoms. The Morgan fingerprint density at radius 1 is 1.35 bits per heavy atom. The number of hydrogen-bond donors (Lipinski definition) is 0. The molecule has 0 aliphatic heterocycles. The Bertz CT molecular complexity index is 561.